The molecular weight excluding hydrogens is 233 g/mol. The number of halogens is 1. The Kier molecular flexibility index (Phi) is 3.53. The summed E-state index contributed by atoms with van der Waals surface area (Å²) in [6.07, 6.45) is 1.70. The number of hydrogen-bond acceptors (Lipinski definition) is 3. The lowest BCUT2D eigenvalue weighted by atomic mass is 10.1. The van der Waals surface area contributed by atoms with Gasteiger partial charge < -0.3 is 9.84 Å². The topological polar surface area (TPSA) is 53.2 Å². The van der Waals surface area contributed by atoms with Crippen molar-refractivity contribution in [3.63, 3.8) is 0 Å². The molecule has 3 nitrogen and oxygen atoms in total. The Hall–Kier alpha value is -1.60. The predicted molar refractivity (Wildman–Crippen MR) is 64.4 cm³/mol. The lowest BCUT2D eigenvalue weighted by molar-refractivity contribution is 0.197. The van der Waals surface area contributed by atoms with Crippen LogP contribution in [-0.2, 0) is 0 Å². The first kappa shape index (κ1) is 12.8. The maximum Gasteiger partial charge on any atom is 0.165 e. The molecule has 0 aromatic heterocycles. The second-order valence-corrected chi connectivity index (χ2v) is 4.99. The molecule has 1 aromatic carbocycles. The number of aliphatic hydroxyl groups excluding tert-OH is 1. The molecular formula is C14H16FNO2. The molecule has 1 fully saturated rings. The maximum atomic E-state index is 13.7. The summed E-state index contributed by atoms with van der Waals surface area (Å²) >= 11 is 0. The van der Waals surface area contributed by atoms with Crippen LogP contribution < -0.4 is 4.74 Å². The molecule has 4 heteroatoms. The first-order valence-corrected chi connectivity index (χ1v) is 6.04. The van der Waals surface area contributed by atoms with Crippen LogP contribution in [0.1, 0.15) is 37.9 Å². The molecule has 0 amide bonds. The van der Waals surface area contributed by atoms with Gasteiger partial charge in [-0.3, -0.25) is 0 Å². The number of ether oxygens (including phenoxy) is 1. The van der Waals surface area contributed by atoms with Crippen molar-refractivity contribution in [3.8, 4) is 11.8 Å². The fourth-order valence-corrected chi connectivity index (χ4v) is 1.84. The van der Waals surface area contributed by atoms with Crippen LogP contribution in [0.3, 0.4) is 0 Å². The van der Waals surface area contributed by atoms with Crippen molar-refractivity contribution in [2.24, 2.45) is 5.41 Å². The molecule has 0 bridgehead atoms. The van der Waals surface area contributed by atoms with Gasteiger partial charge in [-0.25, -0.2) is 4.39 Å². The summed E-state index contributed by atoms with van der Waals surface area (Å²) < 4.78 is 19.1. The van der Waals surface area contributed by atoms with E-state index in [-0.39, 0.29) is 11.2 Å². The Morgan fingerprint density at radius 3 is 2.78 bits per heavy atom. The van der Waals surface area contributed by atoms with E-state index in [2.05, 4.69) is 6.07 Å². The van der Waals surface area contributed by atoms with E-state index in [0.29, 0.717) is 18.6 Å². The van der Waals surface area contributed by atoms with Gasteiger partial charge >= 0.3 is 0 Å². The van der Waals surface area contributed by atoms with E-state index < -0.39 is 11.9 Å². The highest BCUT2D eigenvalue weighted by molar-refractivity contribution is 5.30. The molecule has 0 aliphatic heterocycles. The van der Waals surface area contributed by atoms with Gasteiger partial charge in [-0.15, -0.1) is 0 Å². The molecule has 1 aliphatic carbocycles. The number of nitrogens with zero attached hydrogens (tertiary/aromatic N) is 1. The average Bonchev–Trinajstić information content (AvgIpc) is 3.08. The van der Waals surface area contributed by atoms with Crippen molar-refractivity contribution in [1.82, 2.24) is 0 Å². The summed E-state index contributed by atoms with van der Waals surface area (Å²) in [6.45, 7) is 1.97. The second kappa shape index (κ2) is 4.95. The maximum absolute atomic E-state index is 13.7. The first-order valence-electron chi connectivity index (χ1n) is 6.04. The van der Waals surface area contributed by atoms with Crippen LogP contribution in [0.25, 0.3) is 0 Å². The van der Waals surface area contributed by atoms with E-state index in [4.69, 9.17) is 10.00 Å². The normalized spacial score (nSPS) is 17.9. The van der Waals surface area contributed by atoms with Crippen molar-refractivity contribution in [2.45, 2.75) is 32.3 Å². The monoisotopic (exact) mass is 249 g/mol. The molecule has 18 heavy (non-hydrogen) atoms. The lowest BCUT2D eigenvalue weighted by Crippen LogP contribution is -2.13. The van der Waals surface area contributed by atoms with Gasteiger partial charge in [0.05, 0.1) is 18.8 Å². The molecule has 96 valence electrons. The van der Waals surface area contributed by atoms with Gasteiger partial charge in [0.2, 0.25) is 0 Å². The highest BCUT2D eigenvalue weighted by atomic mass is 19.1. The molecule has 0 radical (unpaired) electrons. The van der Waals surface area contributed by atoms with E-state index in [9.17, 15) is 9.50 Å². The van der Waals surface area contributed by atoms with Crippen LogP contribution in [0.2, 0.25) is 0 Å². The summed E-state index contributed by atoms with van der Waals surface area (Å²) in [6, 6.07) is 6.59. The van der Waals surface area contributed by atoms with Gasteiger partial charge in [0.15, 0.2) is 11.6 Å². The van der Waals surface area contributed by atoms with Gasteiger partial charge in [-0.05, 0) is 37.5 Å². The minimum Gasteiger partial charge on any atom is -0.490 e. The van der Waals surface area contributed by atoms with E-state index in [1.165, 1.54) is 12.1 Å². The summed E-state index contributed by atoms with van der Waals surface area (Å²) in [5.74, 6) is -0.287. The zero-order valence-corrected chi connectivity index (χ0v) is 10.3. The van der Waals surface area contributed by atoms with Gasteiger partial charge in [-0.2, -0.15) is 5.26 Å². The average molecular weight is 249 g/mol. The number of benzene rings is 1. The van der Waals surface area contributed by atoms with E-state index in [0.717, 1.165) is 12.8 Å². The third-order valence-electron chi connectivity index (χ3n) is 3.38. The fourth-order valence-electron chi connectivity index (χ4n) is 1.84. The molecule has 1 atom stereocenters. The number of nitriles is 1. The largest absolute Gasteiger partial charge is 0.490 e. The summed E-state index contributed by atoms with van der Waals surface area (Å²) in [5, 5.41) is 18.0. The number of aliphatic hydroxyl groups is 1. The van der Waals surface area contributed by atoms with Crippen LogP contribution in [0.5, 0.6) is 5.75 Å². The molecule has 0 spiro atoms. The molecule has 0 heterocycles. The van der Waals surface area contributed by atoms with Crippen molar-refractivity contribution >= 4 is 0 Å². The predicted octanol–water partition coefficient (Wildman–Crippen LogP) is 2.95. The third kappa shape index (κ3) is 2.80. The van der Waals surface area contributed by atoms with Gasteiger partial charge in [-0.1, -0.05) is 6.07 Å². The molecule has 1 aliphatic rings. The van der Waals surface area contributed by atoms with Gasteiger partial charge in [0, 0.05) is 11.8 Å². The Morgan fingerprint density at radius 1 is 1.56 bits per heavy atom. The second-order valence-electron chi connectivity index (χ2n) is 4.99. The Morgan fingerprint density at radius 2 is 2.28 bits per heavy atom. The van der Waals surface area contributed by atoms with E-state index in [1.54, 1.807) is 13.0 Å². The quantitative estimate of drug-likeness (QED) is 0.872. The highest BCUT2D eigenvalue weighted by Crippen LogP contribution is 2.48. The molecule has 0 saturated heterocycles. The van der Waals surface area contributed by atoms with Crippen LogP contribution >= 0.6 is 0 Å². The Labute approximate surface area is 106 Å². The molecule has 2 rings (SSSR count). The zero-order chi connectivity index (χ0) is 13.2. The molecule has 0 unspecified atom stereocenters. The lowest BCUT2D eigenvalue weighted by Gasteiger charge is -2.14. The third-order valence-corrected chi connectivity index (χ3v) is 3.38. The molecule has 1 saturated carbocycles. The van der Waals surface area contributed by atoms with Crippen LogP contribution in [0.4, 0.5) is 4.39 Å². The van der Waals surface area contributed by atoms with Gasteiger partial charge in [0.25, 0.3) is 0 Å². The van der Waals surface area contributed by atoms with Crippen LogP contribution in [-0.4, -0.2) is 11.7 Å². The fraction of sp³-hybridized carbons (Fsp3) is 0.500. The van der Waals surface area contributed by atoms with Crippen molar-refractivity contribution < 1.29 is 14.2 Å². The molecule has 1 aromatic rings. The standard InChI is InChI=1S/C14H16FNO2/c1-10(17)11-2-3-13(12(15)8-11)18-9-14(4-5-14)6-7-16/h2-3,8,10,17H,4-6,9H2,1H3/t10-/m1/s1. The summed E-state index contributed by atoms with van der Waals surface area (Å²) in [4.78, 5) is 0. The Bertz CT molecular complexity index is 475. The minimum atomic E-state index is -0.693. The van der Waals surface area contributed by atoms with E-state index >= 15 is 0 Å². The van der Waals surface area contributed by atoms with Crippen LogP contribution in [0.15, 0.2) is 18.2 Å². The summed E-state index contributed by atoms with van der Waals surface area (Å²) in [5.41, 5.74) is 0.461. The van der Waals surface area contributed by atoms with Crippen molar-refractivity contribution in [2.75, 3.05) is 6.61 Å². The minimum absolute atomic E-state index is 0.0653. The Balaban J connectivity index is 2.00. The van der Waals surface area contributed by atoms with Crippen molar-refractivity contribution in [1.29, 1.82) is 5.26 Å². The highest BCUT2D eigenvalue weighted by Gasteiger charge is 2.43. The number of rotatable bonds is 5. The van der Waals surface area contributed by atoms with Gasteiger partial charge in [0.1, 0.15) is 0 Å². The SMILES string of the molecule is C[C@@H](O)c1ccc(OCC2(CC#N)CC2)c(F)c1. The zero-order valence-electron chi connectivity index (χ0n) is 10.3. The van der Waals surface area contributed by atoms with Crippen LogP contribution in [0, 0.1) is 22.6 Å². The number of hydrogen-bond donors (Lipinski definition) is 1. The summed E-state index contributed by atoms with van der Waals surface area (Å²) in [7, 11) is 0. The van der Waals surface area contributed by atoms with Crippen molar-refractivity contribution in [3.05, 3.63) is 29.6 Å². The van der Waals surface area contributed by atoms with E-state index in [1.807, 2.05) is 0 Å². The first-order chi connectivity index (χ1) is 8.56. The molecule has 1 N–H and O–H groups in total. The smallest absolute Gasteiger partial charge is 0.165 e.